The Labute approximate surface area is 105 Å². The van der Waals surface area contributed by atoms with Gasteiger partial charge >= 0.3 is 0 Å². The molecule has 0 saturated carbocycles. The van der Waals surface area contributed by atoms with Crippen LogP contribution in [0.5, 0.6) is 0 Å². The average molecular weight is 250 g/mol. The van der Waals surface area contributed by atoms with Crippen LogP contribution in [0.25, 0.3) is 0 Å². The number of aryl methyl sites for hydroxylation is 2. The molecule has 0 amide bonds. The van der Waals surface area contributed by atoms with Crippen LogP contribution in [0.2, 0.25) is 0 Å². The topological polar surface area (TPSA) is 56.7 Å². The zero-order chi connectivity index (χ0) is 12.3. The van der Waals surface area contributed by atoms with E-state index >= 15 is 0 Å². The van der Waals surface area contributed by atoms with Crippen LogP contribution in [0.15, 0.2) is 12.1 Å². The fourth-order valence-electron chi connectivity index (χ4n) is 1.73. The van der Waals surface area contributed by atoms with Crippen molar-refractivity contribution in [2.75, 3.05) is 0 Å². The lowest BCUT2D eigenvalue weighted by Crippen LogP contribution is -2.05. The molecular weight excluding hydrogens is 232 g/mol. The van der Waals surface area contributed by atoms with Crippen LogP contribution in [-0.4, -0.2) is 14.8 Å². The van der Waals surface area contributed by atoms with E-state index < -0.39 is 0 Å². The summed E-state index contributed by atoms with van der Waals surface area (Å²) < 4.78 is 2.00. The van der Waals surface area contributed by atoms with Crippen molar-refractivity contribution in [2.24, 2.45) is 5.73 Å². The van der Waals surface area contributed by atoms with Gasteiger partial charge in [-0.25, -0.2) is 9.67 Å². The summed E-state index contributed by atoms with van der Waals surface area (Å²) in [5, 5.41) is 4.51. The molecule has 2 N–H and O–H groups in total. The molecule has 0 spiro atoms. The maximum absolute atomic E-state index is 5.61. The summed E-state index contributed by atoms with van der Waals surface area (Å²) in [5.41, 5.74) is 5.61. The second-order valence-corrected chi connectivity index (χ2v) is 5.13. The van der Waals surface area contributed by atoms with E-state index in [1.165, 1.54) is 9.75 Å². The number of aromatic nitrogens is 3. The normalized spacial score (nSPS) is 11.0. The Morgan fingerprint density at radius 1 is 1.24 bits per heavy atom. The molecule has 5 heteroatoms. The third-order valence-electron chi connectivity index (χ3n) is 2.65. The lowest BCUT2D eigenvalue weighted by Gasteiger charge is -2.01. The molecule has 0 fully saturated rings. The summed E-state index contributed by atoms with van der Waals surface area (Å²) in [4.78, 5) is 7.00. The zero-order valence-electron chi connectivity index (χ0n) is 10.3. The molecule has 0 unspecified atom stereocenters. The van der Waals surface area contributed by atoms with Gasteiger partial charge in [-0.1, -0.05) is 13.8 Å². The van der Waals surface area contributed by atoms with Crippen molar-refractivity contribution in [1.82, 2.24) is 14.8 Å². The van der Waals surface area contributed by atoms with Crippen molar-refractivity contribution in [3.05, 3.63) is 33.5 Å². The lowest BCUT2D eigenvalue weighted by atomic mass is 10.4. The van der Waals surface area contributed by atoms with Crippen molar-refractivity contribution in [1.29, 1.82) is 0 Å². The second kappa shape index (κ2) is 5.42. The maximum atomic E-state index is 5.61. The van der Waals surface area contributed by atoms with E-state index in [2.05, 4.69) is 36.1 Å². The van der Waals surface area contributed by atoms with Crippen molar-refractivity contribution in [3.63, 3.8) is 0 Å². The Bertz CT molecular complexity index is 486. The molecule has 0 aliphatic carbocycles. The summed E-state index contributed by atoms with van der Waals surface area (Å²) in [5.74, 6) is 1.99. The van der Waals surface area contributed by atoms with E-state index in [-0.39, 0.29) is 0 Å². The van der Waals surface area contributed by atoms with E-state index in [1.807, 2.05) is 4.68 Å². The Morgan fingerprint density at radius 3 is 2.59 bits per heavy atom. The standard InChI is InChI=1S/C12H18N4S/c1-3-11-14-12(4-2)16(15-11)8-10-6-5-9(7-13)17-10/h5-6H,3-4,7-8,13H2,1-2H3. The van der Waals surface area contributed by atoms with Gasteiger partial charge < -0.3 is 5.73 Å². The SMILES string of the molecule is CCc1nc(CC)n(Cc2ccc(CN)s2)n1. The highest BCUT2D eigenvalue weighted by Crippen LogP contribution is 2.17. The van der Waals surface area contributed by atoms with Crippen molar-refractivity contribution in [3.8, 4) is 0 Å². The molecule has 0 aromatic carbocycles. The molecular formula is C12H18N4S. The van der Waals surface area contributed by atoms with Gasteiger partial charge in [0.2, 0.25) is 0 Å². The smallest absolute Gasteiger partial charge is 0.150 e. The third-order valence-corrected chi connectivity index (χ3v) is 3.74. The van der Waals surface area contributed by atoms with Gasteiger partial charge in [-0.2, -0.15) is 5.10 Å². The van der Waals surface area contributed by atoms with Crippen molar-refractivity contribution >= 4 is 11.3 Å². The molecule has 2 heterocycles. The minimum atomic E-state index is 0.614. The van der Waals surface area contributed by atoms with E-state index in [0.29, 0.717) is 6.54 Å². The van der Waals surface area contributed by atoms with Gasteiger partial charge in [-0.15, -0.1) is 11.3 Å². The molecule has 17 heavy (non-hydrogen) atoms. The van der Waals surface area contributed by atoms with Crippen LogP contribution >= 0.6 is 11.3 Å². The van der Waals surface area contributed by atoms with Crippen LogP contribution in [0, 0.1) is 0 Å². The number of rotatable bonds is 5. The van der Waals surface area contributed by atoms with Crippen molar-refractivity contribution < 1.29 is 0 Å². The Kier molecular flexibility index (Phi) is 3.91. The number of nitrogens with zero attached hydrogens (tertiary/aromatic N) is 3. The van der Waals surface area contributed by atoms with E-state index in [4.69, 9.17) is 5.73 Å². The Hall–Kier alpha value is -1.20. The van der Waals surface area contributed by atoms with Crippen LogP contribution in [-0.2, 0) is 25.9 Å². The van der Waals surface area contributed by atoms with Gasteiger partial charge in [0.1, 0.15) is 5.82 Å². The van der Waals surface area contributed by atoms with E-state index in [0.717, 1.165) is 31.0 Å². The average Bonchev–Trinajstić information content (AvgIpc) is 2.95. The highest BCUT2D eigenvalue weighted by Gasteiger charge is 2.08. The molecule has 0 aliphatic heterocycles. The molecule has 92 valence electrons. The highest BCUT2D eigenvalue weighted by molar-refractivity contribution is 7.11. The number of thiophene rings is 1. The molecule has 2 rings (SSSR count). The summed E-state index contributed by atoms with van der Waals surface area (Å²) in [6.45, 7) is 5.61. The molecule has 0 aliphatic rings. The fraction of sp³-hybridized carbons (Fsp3) is 0.500. The largest absolute Gasteiger partial charge is 0.326 e. The van der Waals surface area contributed by atoms with Crippen LogP contribution < -0.4 is 5.73 Å². The predicted molar refractivity (Wildman–Crippen MR) is 70.1 cm³/mol. The van der Waals surface area contributed by atoms with E-state index in [1.54, 1.807) is 11.3 Å². The maximum Gasteiger partial charge on any atom is 0.150 e. The van der Waals surface area contributed by atoms with Gasteiger partial charge in [-0.3, -0.25) is 0 Å². The van der Waals surface area contributed by atoms with Crippen molar-refractivity contribution in [2.45, 2.75) is 39.8 Å². The third kappa shape index (κ3) is 2.73. The molecule has 0 bridgehead atoms. The molecule has 0 atom stereocenters. The highest BCUT2D eigenvalue weighted by atomic mass is 32.1. The molecule has 0 radical (unpaired) electrons. The molecule has 2 aromatic rings. The monoisotopic (exact) mass is 250 g/mol. The lowest BCUT2D eigenvalue weighted by molar-refractivity contribution is 0.643. The summed E-state index contributed by atoms with van der Waals surface area (Å²) >= 11 is 1.75. The first-order valence-electron chi connectivity index (χ1n) is 5.97. The molecule has 2 aromatic heterocycles. The summed E-state index contributed by atoms with van der Waals surface area (Å²) in [6, 6.07) is 4.21. The van der Waals surface area contributed by atoms with Gasteiger partial charge in [-0.05, 0) is 12.1 Å². The zero-order valence-corrected chi connectivity index (χ0v) is 11.1. The van der Waals surface area contributed by atoms with Gasteiger partial charge in [0.15, 0.2) is 5.82 Å². The molecule has 0 saturated heterocycles. The molecule has 4 nitrogen and oxygen atoms in total. The quantitative estimate of drug-likeness (QED) is 0.882. The fourth-order valence-corrected chi connectivity index (χ4v) is 2.61. The number of hydrogen-bond acceptors (Lipinski definition) is 4. The second-order valence-electron chi connectivity index (χ2n) is 3.88. The van der Waals surface area contributed by atoms with Crippen LogP contribution in [0.3, 0.4) is 0 Å². The van der Waals surface area contributed by atoms with Gasteiger partial charge in [0.05, 0.1) is 6.54 Å². The van der Waals surface area contributed by atoms with Crippen LogP contribution in [0.4, 0.5) is 0 Å². The van der Waals surface area contributed by atoms with Gasteiger partial charge in [0, 0.05) is 29.1 Å². The predicted octanol–water partition coefficient (Wildman–Crippen LogP) is 1.97. The summed E-state index contributed by atoms with van der Waals surface area (Å²) in [7, 11) is 0. The minimum absolute atomic E-state index is 0.614. The Balaban J connectivity index is 2.19. The number of nitrogens with two attached hydrogens (primary N) is 1. The van der Waals surface area contributed by atoms with Crippen LogP contribution in [0.1, 0.15) is 35.3 Å². The minimum Gasteiger partial charge on any atom is -0.326 e. The Morgan fingerprint density at radius 2 is 2.00 bits per heavy atom. The number of hydrogen-bond donors (Lipinski definition) is 1. The van der Waals surface area contributed by atoms with E-state index in [9.17, 15) is 0 Å². The first-order valence-corrected chi connectivity index (χ1v) is 6.78. The first kappa shape index (κ1) is 12.3. The summed E-state index contributed by atoms with van der Waals surface area (Å²) in [6.07, 6.45) is 1.81. The first-order chi connectivity index (χ1) is 8.26. The van der Waals surface area contributed by atoms with Gasteiger partial charge in [0.25, 0.3) is 0 Å².